The normalized spacial score (nSPS) is 13.1. The molecule has 0 heterocycles. The van der Waals surface area contributed by atoms with Crippen molar-refractivity contribution in [3.63, 3.8) is 0 Å². The fraction of sp³-hybridized carbons (Fsp3) is 0.538. The first-order valence-electron chi connectivity index (χ1n) is 5.72. The molecular formula is C13H19BrFN. The average molecular weight is 288 g/mol. The molecule has 0 radical (unpaired) electrons. The lowest BCUT2D eigenvalue weighted by Crippen LogP contribution is -2.35. The summed E-state index contributed by atoms with van der Waals surface area (Å²) in [6.07, 6.45) is 0.923. The Morgan fingerprint density at radius 3 is 2.56 bits per heavy atom. The van der Waals surface area contributed by atoms with Crippen molar-refractivity contribution in [3.8, 4) is 0 Å². The summed E-state index contributed by atoms with van der Waals surface area (Å²) < 4.78 is 13.8. The van der Waals surface area contributed by atoms with Gasteiger partial charge in [-0.2, -0.15) is 0 Å². The predicted octanol–water partition coefficient (Wildman–Crippen LogP) is 3.76. The molecule has 1 N–H and O–H groups in total. The third-order valence-corrected chi connectivity index (χ3v) is 3.46. The molecule has 0 bridgehead atoms. The van der Waals surface area contributed by atoms with E-state index in [4.69, 9.17) is 0 Å². The summed E-state index contributed by atoms with van der Waals surface area (Å²) in [7, 11) is 0. The Kier molecular flexibility index (Phi) is 5.42. The lowest BCUT2D eigenvalue weighted by atomic mass is 9.96. The smallest absolute Gasteiger partial charge is 0.124 e. The minimum atomic E-state index is -0.194. The van der Waals surface area contributed by atoms with E-state index in [-0.39, 0.29) is 5.82 Å². The van der Waals surface area contributed by atoms with Crippen LogP contribution in [0.3, 0.4) is 0 Å². The summed E-state index contributed by atoms with van der Waals surface area (Å²) in [5.41, 5.74) is 1.15. The summed E-state index contributed by atoms with van der Waals surface area (Å²) >= 11 is 3.41. The number of nitrogens with one attached hydrogen (secondary N) is 1. The van der Waals surface area contributed by atoms with E-state index >= 15 is 0 Å². The standard InChI is InChI=1S/C13H19BrFN/c1-4-16-13(9(2)3)7-10-5-6-11(15)8-12(10)14/h5-6,8-9,13,16H,4,7H2,1-3H3. The number of likely N-dealkylation sites (N-methyl/N-ethyl adjacent to an activating group) is 1. The van der Waals surface area contributed by atoms with E-state index in [1.54, 1.807) is 0 Å². The minimum Gasteiger partial charge on any atom is -0.314 e. The lowest BCUT2D eigenvalue weighted by Gasteiger charge is -2.22. The van der Waals surface area contributed by atoms with E-state index in [2.05, 4.69) is 42.0 Å². The molecular weight excluding hydrogens is 269 g/mol. The van der Waals surface area contributed by atoms with Crippen molar-refractivity contribution in [1.82, 2.24) is 5.32 Å². The Labute approximate surface area is 106 Å². The fourth-order valence-corrected chi connectivity index (χ4v) is 2.24. The first kappa shape index (κ1) is 13.7. The maximum absolute atomic E-state index is 12.9. The van der Waals surface area contributed by atoms with Crippen LogP contribution >= 0.6 is 15.9 Å². The molecule has 0 aliphatic heterocycles. The van der Waals surface area contributed by atoms with Crippen molar-refractivity contribution in [2.24, 2.45) is 5.92 Å². The monoisotopic (exact) mass is 287 g/mol. The number of hydrogen-bond donors (Lipinski definition) is 1. The zero-order chi connectivity index (χ0) is 12.1. The molecule has 1 rings (SSSR count). The molecule has 0 amide bonds. The zero-order valence-corrected chi connectivity index (χ0v) is 11.6. The Hall–Kier alpha value is -0.410. The number of rotatable bonds is 5. The van der Waals surface area contributed by atoms with Crippen molar-refractivity contribution in [1.29, 1.82) is 0 Å². The molecule has 3 heteroatoms. The first-order valence-corrected chi connectivity index (χ1v) is 6.51. The SMILES string of the molecule is CCNC(Cc1ccc(F)cc1Br)C(C)C. The summed E-state index contributed by atoms with van der Waals surface area (Å²) in [4.78, 5) is 0. The van der Waals surface area contributed by atoms with Gasteiger partial charge in [-0.15, -0.1) is 0 Å². The molecule has 0 aliphatic rings. The third kappa shape index (κ3) is 3.87. The molecule has 90 valence electrons. The van der Waals surface area contributed by atoms with Crippen LogP contribution in [-0.2, 0) is 6.42 Å². The second kappa shape index (κ2) is 6.36. The second-order valence-corrected chi connectivity index (χ2v) is 5.20. The van der Waals surface area contributed by atoms with Gasteiger partial charge in [0.1, 0.15) is 5.82 Å². The zero-order valence-electron chi connectivity index (χ0n) is 10.1. The molecule has 0 aliphatic carbocycles. The highest BCUT2D eigenvalue weighted by molar-refractivity contribution is 9.10. The number of halogens is 2. The summed E-state index contributed by atoms with van der Waals surface area (Å²) in [6.45, 7) is 7.46. The van der Waals surface area contributed by atoms with Crippen molar-refractivity contribution < 1.29 is 4.39 Å². The van der Waals surface area contributed by atoms with Gasteiger partial charge < -0.3 is 5.32 Å². The van der Waals surface area contributed by atoms with Crippen LogP contribution in [0.25, 0.3) is 0 Å². The van der Waals surface area contributed by atoms with Gasteiger partial charge in [0.05, 0.1) is 0 Å². The van der Waals surface area contributed by atoms with E-state index in [1.807, 2.05) is 6.07 Å². The lowest BCUT2D eigenvalue weighted by molar-refractivity contribution is 0.404. The topological polar surface area (TPSA) is 12.0 Å². The van der Waals surface area contributed by atoms with E-state index in [1.165, 1.54) is 12.1 Å². The van der Waals surface area contributed by atoms with Crippen LogP contribution in [0, 0.1) is 11.7 Å². The highest BCUT2D eigenvalue weighted by Gasteiger charge is 2.14. The number of hydrogen-bond acceptors (Lipinski definition) is 1. The van der Waals surface area contributed by atoms with Crippen LogP contribution in [0.5, 0.6) is 0 Å². The van der Waals surface area contributed by atoms with E-state index < -0.39 is 0 Å². The van der Waals surface area contributed by atoms with Crippen molar-refractivity contribution >= 4 is 15.9 Å². The summed E-state index contributed by atoms with van der Waals surface area (Å²) in [5.74, 6) is 0.372. The Bertz CT molecular complexity index is 339. The minimum absolute atomic E-state index is 0.194. The third-order valence-electron chi connectivity index (χ3n) is 2.73. The van der Waals surface area contributed by atoms with E-state index in [9.17, 15) is 4.39 Å². The molecule has 1 nitrogen and oxygen atoms in total. The Balaban J connectivity index is 2.77. The molecule has 1 atom stereocenters. The highest BCUT2D eigenvalue weighted by atomic mass is 79.9. The fourth-order valence-electron chi connectivity index (χ4n) is 1.73. The van der Waals surface area contributed by atoms with Gasteiger partial charge in [0.25, 0.3) is 0 Å². The average Bonchev–Trinajstić information content (AvgIpc) is 2.20. The molecule has 0 aromatic heterocycles. The van der Waals surface area contributed by atoms with Gasteiger partial charge >= 0.3 is 0 Å². The summed E-state index contributed by atoms with van der Waals surface area (Å²) in [5, 5.41) is 3.46. The van der Waals surface area contributed by atoms with Crippen LogP contribution in [0.1, 0.15) is 26.3 Å². The maximum atomic E-state index is 12.9. The molecule has 1 aromatic carbocycles. The highest BCUT2D eigenvalue weighted by Crippen LogP contribution is 2.21. The van der Waals surface area contributed by atoms with Gasteiger partial charge in [-0.05, 0) is 36.6 Å². The van der Waals surface area contributed by atoms with Crippen LogP contribution in [0.15, 0.2) is 22.7 Å². The quantitative estimate of drug-likeness (QED) is 0.869. The van der Waals surface area contributed by atoms with Crippen molar-refractivity contribution in [3.05, 3.63) is 34.1 Å². The van der Waals surface area contributed by atoms with Gasteiger partial charge in [0, 0.05) is 10.5 Å². The Morgan fingerprint density at radius 1 is 1.38 bits per heavy atom. The molecule has 0 saturated carbocycles. The van der Waals surface area contributed by atoms with E-state index in [0.717, 1.165) is 23.0 Å². The molecule has 0 fully saturated rings. The molecule has 1 aromatic rings. The van der Waals surface area contributed by atoms with Gasteiger partial charge in [-0.25, -0.2) is 4.39 Å². The summed E-state index contributed by atoms with van der Waals surface area (Å²) in [6, 6.07) is 5.33. The van der Waals surface area contributed by atoms with Crippen LogP contribution in [0.4, 0.5) is 4.39 Å². The van der Waals surface area contributed by atoms with Crippen LogP contribution in [-0.4, -0.2) is 12.6 Å². The van der Waals surface area contributed by atoms with Gasteiger partial charge in [-0.1, -0.05) is 42.8 Å². The van der Waals surface area contributed by atoms with Gasteiger partial charge in [0.15, 0.2) is 0 Å². The first-order chi connectivity index (χ1) is 7.54. The Morgan fingerprint density at radius 2 is 2.06 bits per heavy atom. The van der Waals surface area contributed by atoms with Crippen molar-refractivity contribution in [2.45, 2.75) is 33.2 Å². The van der Waals surface area contributed by atoms with Crippen molar-refractivity contribution in [2.75, 3.05) is 6.54 Å². The molecule has 1 unspecified atom stereocenters. The van der Waals surface area contributed by atoms with E-state index in [0.29, 0.717) is 12.0 Å². The second-order valence-electron chi connectivity index (χ2n) is 4.35. The predicted molar refractivity (Wildman–Crippen MR) is 70.1 cm³/mol. The van der Waals surface area contributed by atoms with Crippen LogP contribution in [0.2, 0.25) is 0 Å². The van der Waals surface area contributed by atoms with Crippen LogP contribution < -0.4 is 5.32 Å². The molecule has 0 saturated heterocycles. The molecule has 16 heavy (non-hydrogen) atoms. The largest absolute Gasteiger partial charge is 0.314 e. The van der Waals surface area contributed by atoms with Gasteiger partial charge in [-0.3, -0.25) is 0 Å². The maximum Gasteiger partial charge on any atom is 0.124 e. The molecule has 0 spiro atoms. The number of benzene rings is 1. The van der Waals surface area contributed by atoms with Gasteiger partial charge in [0.2, 0.25) is 0 Å².